The van der Waals surface area contributed by atoms with Gasteiger partial charge in [0.1, 0.15) is 11.5 Å². The fourth-order valence-electron chi connectivity index (χ4n) is 2.44. The molecule has 3 rings (SSSR count). The average Bonchev–Trinajstić information content (AvgIpc) is 2.86. The van der Waals surface area contributed by atoms with E-state index in [1.165, 1.54) is 12.1 Å². The topological polar surface area (TPSA) is 32.6 Å². The van der Waals surface area contributed by atoms with Gasteiger partial charge in [-0.3, -0.25) is 0 Å². The fraction of sp³-hybridized carbons (Fsp3) is 0.188. The number of fused-ring (bicyclic) bond motifs is 1. The first-order valence-electron chi connectivity index (χ1n) is 6.80. The molecular weight excluding hydrogens is 267 g/mol. The molecule has 0 saturated carbocycles. The van der Waals surface area contributed by atoms with Crippen LogP contribution < -0.4 is 10.2 Å². The van der Waals surface area contributed by atoms with Crippen molar-refractivity contribution in [2.24, 2.45) is 0 Å². The van der Waals surface area contributed by atoms with Crippen LogP contribution in [0.2, 0.25) is 0 Å². The van der Waals surface area contributed by atoms with Gasteiger partial charge in [-0.15, -0.1) is 0 Å². The predicted octanol–water partition coefficient (Wildman–Crippen LogP) is 2.96. The van der Waals surface area contributed by atoms with Gasteiger partial charge < -0.3 is 14.6 Å². The van der Waals surface area contributed by atoms with E-state index >= 15 is 0 Å². The molecule has 4 nitrogen and oxygen atoms in total. The highest BCUT2D eigenvalue weighted by Crippen LogP contribution is 2.27. The van der Waals surface area contributed by atoms with E-state index in [0.29, 0.717) is 6.54 Å². The summed E-state index contributed by atoms with van der Waals surface area (Å²) in [5.74, 6) is 0.569. The number of anilines is 2. The molecule has 0 aliphatic carbocycles. The second-order valence-corrected chi connectivity index (χ2v) is 4.88. The highest BCUT2D eigenvalue weighted by molar-refractivity contribution is 5.65. The molecule has 21 heavy (non-hydrogen) atoms. The highest BCUT2D eigenvalue weighted by Gasteiger charge is 2.16. The Morgan fingerprint density at radius 1 is 1.24 bits per heavy atom. The average molecular weight is 284 g/mol. The van der Waals surface area contributed by atoms with Gasteiger partial charge >= 0.3 is 0 Å². The number of pyridine rings is 1. The maximum absolute atomic E-state index is 13.4. The molecule has 0 radical (unpaired) electrons. The lowest BCUT2D eigenvalue weighted by Gasteiger charge is -2.18. The predicted molar refractivity (Wildman–Crippen MR) is 82.4 cm³/mol. The third-order valence-corrected chi connectivity index (χ3v) is 3.47. The van der Waals surface area contributed by atoms with E-state index in [1.807, 2.05) is 53.9 Å². The van der Waals surface area contributed by atoms with Crippen LogP contribution in [-0.2, 0) is 6.54 Å². The van der Waals surface area contributed by atoms with Gasteiger partial charge in [-0.05, 0) is 37.4 Å². The summed E-state index contributed by atoms with van der Waals surface area (Å²) >= 11 is 0. The molecule has 0 aliphatic rings. The molecule has 0 amide bonds. The van der Waals surface area contributed by atoms with E-state index < -0.39 is 0 Å². The first-order valence-corrected chi connectivity index (χ1v) is 6.80. The maximum atomic E-state index is 13.4. The van der Waals surface area contributed by atoms with Crippen molar-refractivity contribution in [1.82, 2.24) is 14.7 Å². The number of rotatable bonds is 4. The minimum atomic E-state index is -0.252. The van der Waals surface area contributed by atoms with Crippen LogP contribution in [0.3, 0.4) is 0 Å². The van der Waals surface area contributed by atoms with Gasteiger partial charge in [-0.25, -0.2) is 9.37 Å². The van der Waals surface area contributed by atoms with Crippen molar-refractivity contribution >= 4 is 17.2 Å². The first kappa shape index (κ1) is 13.6. The van der Waals surface area contributed by atoms with E-state index in [4.69, 9.17) is 0 Å². The van der Waals surface area contributed by atoms with Gasteiger partial charge in [-0.1, -0.05) is 12.1 Å². The molecule has 0 fully saturated rings. The van der Waals surface area contributed by atoms with Crippen molar-refractivity contribution in [1.29, 1.82) is 0 Å². The van der Waals surface area contributed by atoms with Gasteiger partial charge in [0.05, 0.1) is 5.69 Å². The number of hydrogen-bond donors (Lipinski definition) is 1. The molecule has 1 aromatic carbocycles. The minimum Gasteiger partial charge on any atom is -0.328 e. The summed E-state index contributed by atoms with van der Waals surface area (Å²) in [6.07, 6.45) is 1.98. The summed E-state index contributed by atoms with van der Waals surface area (Å²) in [7, 11) is 3.80. The highest BCUT2D eigenvalue weighted by atomic mass is 19.1. The van der Waals surface area contributed by atoms with Crippen molar-refractivity contribution in [3.8, 4) is 0 Å². The zero-order chi connectivity index (χ0) is 14.8. The molecular formula is C16H17FN4. The molecule has 3 aromatic rings. The summed E-state index contributed by atoms with van der Waals surface area (Å²) in [6, 6.07) is 12.4. The number of nitrogens with zero attached hydrogens (tertiary/aromatic N) is 3. The summed E-state index contributed by atoms with van der Waals surface area (Å²) < 4.78 is 15.5. The van der Waals surface area contributed by atoms with E-state index in [1.54, 1.807) is 6.07 Å². The summed E-state index contributed by atoms with van der Waals surface area (Å²) in [5.41, 5.74) is 2.69. The second-order valence-electron chi connectivity index (χ2n) is 4.88. The summed E-state index contributed by atoms with van der Waals surface area (Å²) in [5, 5.41) is 3.16. The van der Waals surface area contributed by atoms with E-state index in [9.17, 15) is 4.39 Å². The molecule has 0 atom stereocenters. The number of imidazole rings is 1. The molecule has 0 unspecified atom stereocenters. The van der Waals surface area contributed by atoms with Gasteiger partial charge in [0, 0.05) is 25.5 Å². The Bertz CT molecular complexity index is 766. The van der Waals surface area contributed by atoms with Crippen LogP contribution in [0.15, 0.2) is 48.7 Å². The van der Waals surface area contributed by atoms with Gasteiger partial charge in [0.2, 0.25) is 0 Å². The number of nitrogens with one attached hydrogen (secondary N) is 1. The lowest BCUT2D eigenvalue weighted by atomic mass is 10.2. The van der Waals surface area contributed by atoms with Crippen molar-refractivity contribution < 1.29 is 4.39 Å². The van der Waals surface area contributed by atoms with Crippen LogP contribution in [0.4, 0.5) is 15.9 Å². The van der Waals surface area contributed by atoms with Crippen LogP contribution in [0.25, 0.3) is 5.65 Å². The zero-order valence-electron chi connectivity index (χ0n) is 12.0. The van der Waals surface area contributed by atoms with Crippen LogP contribution in [0, 0.1) is 5.82 Å². The Balaban J connectivity index is 2.12. The van der Waals surface area contributed by atoms with Crippen molar-refractivity contribution in [3.63, 3.8) is 0 Å². The third kappa shape index (κ3) is 2.48. The van der Waals surface area contributed by atoms with Crippen molar-refractivity contribution in [2.45, 2.75) is 6.54 Å². The molecule has 2 aromatic heterocycles. The van der Waals surface area contributed by atoms with Crippen LogP contribution in [0.5, 0.6) is 0 Å². The third-order valence-electron chi connectivity index (χ3n) is 3.47. The SMILES string of the molecule is CNCc1c(N(C)c2cccc(F)c2)nc2ccccn12. The summed E-state index contributed by atoms with van der Waals surface area (Å²) in [6.45, 7) is 0.681. The van der Waals surface area contributed by atoms with Crippen LogP contribution in [-0.4, -0.2) is 23.5 Å². The molecule has 108 valence electrons. The normalized spacial score (nSPS) is 11.0. The number of halogens is 1. The zero-order valence-corrected chi connectivity index (χ0v) is 12.0. The van der Waals surface area contributed by atoms with E-state index in [2.05, 4.69) is 10.3 Å². The fourth-order valence-corrected chi connectivity index (χ4v) is 2.44. The smallest absolute Gasteiger partial charge is 0.156 e. The largest absolute Gasteiger partial charge is 0.328 e. The quantitative estimate of drug-likeness (QED) is 0.799. The van der Waals surface area contributed by atoms with E-state index in [-0.39, 0.29) is 5.82 Å². The van der Waals surface area contributed by atoms with E-state index in [0.717, 1.165) is 22.8 Å². The Morgan fingerprint density at radius 3 is 2.86 bits per heavy atom. The van der Waals surface area contributed by atoms with Gasteiger partial charge in [-0.2, -0.15) is 0 Å². The minimum absolute atomic E-state index is 0.252. The van der Waals surface area contributed by atoms with Crippen molar-refractivity contribution in [3.05, 3.63) is 60.2 Å². The Hall–Kier alpha value is -2.40. The van der Waals surface area contributed by atoms with Crippen LogP contribution >= 0.6 is 0 Å². The number of hydrogen-bond acceptors (Lipinski definition) is 3. The lowest BCUT2D eigenvalue weighted by molar-refractivity contribution is 0.628. The first-order chi connectivity index (χ1) is 10.2. The number of benzene rings is 1. The Labute approximate surface area is 122 Å². The number of aromatic nitrogens is 2. The molecule has 1 N–H and O–H groups in total. The van der Waals surface area contributed by atoms with Crippen molar-refractivity contribution in [2.75, 3.05) is 19.0 Å². The van der Waals surface area contributed by atoms with Crippen LogP contribution in [0.1, 0.15) is 5.69 Å². The Kier molecular flexibility index (Phi) is 3.58. The summed E-state index contributed by atoms with van der Waals surface area (Å²) in [4.78, 5) is 6.57. The molecule has 2 heterocycles. The Morgan fingerprint density at radius 2 is 2.10 bits per heavy atom. The lowest BCUT2D eigenvalue weighted by Crippen LogP contribution is -2.15. The molecule has 0 aliphatic heterocycles. The molecule has 0 bridgehead atoms. The monoisotopic (exact) mass is 284 g/mol. The maximum Gasteiger partial charge on any atom is 0.156 e. The van der Waals surface area contributed by atoms with Gasteiger partial charge in [0.15, 0.2) is 5.82 Å². The molecule has 0 spiro atoms. The molecule has 5 heteroatoms. The van der Waals surface area contributed by atoms with Gasteiger partial charge in [0.25, 0.3) is 0 Å². The standard InChI is InChI=1S/C16H17FN4/c1-18-11-14-16(19-15-8-3-4-9-21(14)15)20(2)13-7-5-6-12(17)10-13/h3-10,18H,11H2,1-2H3. The molecule has 0 saturated heterocycles. The second kappa shape index (κ2) is 5.54.